The predicted molar refractivity (Wildman–Crippen MR) is 122 cm³/mol. The number of carbonyl (C=O) groups is 2. The molecule has 0 atom stereocenters. The predicted octanol–water partition coefficient (Wildman–Crippen LogP) is 3.01. The van der Waals surface area contributed by atoms with Gasteiger partial charge in [0, 0.05) is 44.8 Å². The molecule has 3 rings (SSSR count). The molecule has 0 bridgehead atoms. The van der Waals surface area contributed by atoms with Crippen LogP contribution in [0.15, 0.2) is 24.3 Å². The maximum Gasteiger partial charge on any atom is 0.220 e. The summed E-state index contributed by atoms with van der Waals surface area (Å²) in [4.78, 5) is 32.1. The first-order chi connectivity index (χ1) is 15.0. The molecule has 3 aromatic rings. The summed E-state index contributed by atoms with van der Waals surface area (Å²) in [6, 6.07) is 7.95. The molecule has 166 valence electrons. The number of imidazole rings is 1. The van der Waals surface area contributed by atoms with Gasteiger partial charge >= 0.3 is 0 Å². The van der Waals surface area contributed by atoms with Crippen molar-refractivity contribution in [3.05, 3.63) is 30.1 Å². The Hall–Kier alpha value is -3.00. The van der Waals surface area contributed by atoms with Crippen molar-refractivity contribution in [1.29, 1.82) is 0 Å². The van der Waals surface area contributed by atoms with Gasteiger partial charge in [0.05, 0.1) is 17.6 Å². The van der Waals surface area contributed by atoms with Crippen LogP contribution in [0.2, 0.25) is 0 Å². The zero-order valence-electron chi connectivity index (χ0n) is 18.3. The molecule has 3 N–H and O–H groups in total. The monoisotopic (exact) mass is 425 g/mol. The van der Waals surface area contributed by atoms with Crippen LogP contribution >= 0.6 is 0 Å². The SMILES string of the molecule is COCCc1nc2c(N)nc3ccccc3c2n1CCCCNC(=O)CCCC(C)=O. The summed E-state index contributed by atoms with van der Waals surface area (Å²) < 4.78 is 7.47. The molecule has 0 saturated heterocycles. The van der Waals surface area contributed by atoms with E-state index in [1.54, 1.807) is 14.0 Å². The fourth-order valence-electron chi connectivity index (χ4n) is 3.74. The average molecular weight is 426 g/mol. The Labute approximate surface area is 182 Å². The first-order valence-electron chi connectivity index (χ1n) is 10.8. The van der Waals surface area contributed by atoms with E-state index in [4.69, 9.17) is 15.5 Å². The van der Waals surface area contributed by atoms with Gasteiger partial charge in [-0.15, -0.1) is 0 Å². The second-order valence-corrected chi connectivity index (χ2v) is 7.75. The van der Waals surface area contributed by atoms with Gasteiger partial charge < -0.3 is 25.1 Å². The van der Waals surface area contributed by atoms with Gasteiger partial charge in [0.25, 0.3) is 0 Å². The molecule has 1 amide bonds. The highest BCUT2D eigenvalue weighted by Gasteiger charge is 2.17. The molecule has 0 saturated carbocycles. The molecular weight excluding hydrogens is 394 g/mol. The minimum absolute atomic E-state index is 0.0000406. The Bertz CT molecular complexity index is 1060. The minimum Gasteiger partial charge on any atom is -0.384 e. The Morgan fingerprint density at radius 3 is 2.71 bits per heavy atom. The highest BCUT2D eigenvalue weighted by atomic mass is 16.5. The van der Waals surface area contributed by atoms with E-state index < -0.39 is 0 Å². The lowest BCUT2D eigenvalue weighted by atomic mass is 10.1. The number of unbranched alkanes of at least 4 members (excludes halogenated alkanes) is 1. The number of rotatable bonds is 12. The number of methoxy groups -OCH3 is 1. The lowest BCUT2D eigenvalue weighted by molar-refractivity contribution is -0.121. The van der Waals surface area contributed by atoms with Crippen molar-refractivity contribution in [3.8, 4) is 0 Å². The largest absolute Gasteiger partial charge is 0.384 e. The second-order valence-electron chi connectivity index (χ2n) is 7.75. The molecule has 0 unspecified atom stereocenters. The Balaban J connectivity index is 1.69. The fraction of sp³-hybridized carbons (Fsp3) is 0.478. The normalized spacial score (nSPS) is 11.3. The second kappa shape index (κ2) is 10.9. The highest BCUT2D eigenvalue weighted by molar-refractivity contribution is 6.06. The number of anilines is 1. The van der Waals surface area contributed by atoms with Crippen LogP contribution in [0.3, 0.4) is 0 Å². The van der Waals surface area contributed by atoms with E-state index in [1.165, 1.54) is 0 Å². The van der Waals surface area contributed by atoms with Crippen LogP contribution in [-0.4, -0.2) is 46.5 Å². The maximum atomic E-state index is 11.9. The number of nitrogens with zero attached hydrogens (tertiary/aromatic N) is 3. The third-order valence-electron chi connectivity index (χ3n) is 5.28. The number of ether oxygens (including phenoxy) is 1. The van der Waals surface area contributed by atoms with E-state index in [1.807, 2.05) is 24.3 Å². The lowest BCUT2D eigenvalue weighted by Gasteiger charge is -2.11. The van der Waals surface area contributed by atoms with Crippen LogP contribution in [0.5, 0.6) is 0 Å². The molecule has 0 spiro atoms. The first-order valence-corrected chi connectivity index (χ1v) is 10.8. The fourth-order valence-corrected chi connectivity index (χ4v) is 3.74. The smallest absolute Gasteiger partial charge is 0.220 e. The van der Waals surface area contributed by atoms with Crippen LogP contribution < -0.4 is 11.1 Å². The van der Waals surface area contributed by atoms with Crippen LogP contribution in [0.25, 0.3) is 21.9 Å². The number of pyridine rings is 1. The zero-order valence-corrected chi connectivity index (χ0v) is 18.3. The summed E-state index contributed by atoms with van der Waals surface area (Å²) in [7, 11) is 1.68. The van der Waals surface area contributed by atoms with Gasteiger partial charge in [-0.3, -0.25) is 4.79 Å². The van der Waals surface area contributed by atoms with Crippen molar-refractivity contribution >= 4 is 39.4 Å². The summed E-state index contributed by atoms with van der Waals surface area (Å²) in [6.45, 7) is 3.50. The van der Waals surface area contributed by atoms with Crippen molar-refractivity contribution in [2.45, 2.75) is 52.0 Å². The number of nitrogens with two attached hydrogens (primary N) is 1. The molecule has 2 aromatic heterocycles. The number of hydrogen-bond acceptors (Lipinski definition) is 6. The number of aromatic nitrogens is 3. The minimum atomic E-state index is -0.0000406. The number of nitrogen functional groups attached to an aromatic ring is 1. The van der Waals surface area contributed by atoms with Crippen molar-refractivity contribution in [2.75, 3.05) is 26.0 Å². The molecular formula is C23H31N5O3. The molecule has 8 nitrogen and oxygen atoms in total. The van der Waals surface area contributed by atoms with Gasteiger partial charge in [0.2, 0.25) is 5.91 Å². The number of fused-ring (bicyclic) bond motifs is 3. The molecule has 8 heteroatoms. The average Bonchev–Trinajstić information content (AvgIpc) is 3.11. The number of aryl methyl sites for hydroxylation is 1. The van der Waals surface area contributed by atoms with Gasteiger partial charge in [-0.25, -0.2) is 9.97 Å². The number of hydrogen-bond donors (Lipinski definition) is 2. The standard InChI is InChI=1S/C23H31N5O3/c1-16(29)8-7-11-20(30)25-13-5-6-14-28-19(12-15-31-2)27-21-22(28)17-9-3-4-10-18(17)26-23(21)24/h3-4,9-10H,5-8,11-15H2,1-2H3,(H2,24,26)(H,25,30). The highest BCUT2D eigenvalue weighted by Crippen LogP contribution is 2.29. The maximum absolute atomic E-state index is 11.9. The van der Waals surface area contributed by atoms with E-state index in [9.17, 15) is 9.59 Å². The van der Waals surface area contributed by atoms with Crippen molar-refractivity contribution in [3.63, 3.8) is 0 Å². The van der Waals surface area contributed by atoms with Crippen LogP contribution in [-0.2, 0) is 27.3 Å². The van der Waals surface area contributed by atoms with Gasteiger partial charge in [-0.1, -0.05) is 18.2 Å². The molecule has 31 heavy (non-hydrogen) atoms. The van der Waals surface area contributed by atoms with Crippen molar-refractivity contribution in [1.82, 2.24) is 19.9 Å². The summed E-state index contributed by atoms with van der Waals surface area (Å²) in [5.41, 5.74) is 8.79. The quantitative estimate of drug-likeness (QED) is 0.431. The first kappa shape index (κ1) is 22.7. The van der Waals surface area contributed by atoms with E-state index >= 15 is 0 Å². The Morgan fingerprint density at radius 2 is 1.94 bits per heavy atom. The Morgan fingerprint density at radius 1 is 1.13 bits per heavy atom. The van der Waals surface area contributed by atoms with Crippen molar-refractivity contribution < 1.29 is 14.3 Å². The lowest BCUT2D eigenvalue weighted by Crippen LogP contribution is -2.24. The molecule has 0 fully saturated rings. The molecule has 0 radical (unpaired) electrons. The number of para-hydroxylation sites is 1. The third-order valence-corrected chi connectivity index (χ3v) is 5.28. The topological polar surface area (TPSA) is 112 Å². The van der Waals surface area contributed by atoms with Gasteiger partial charge in [0.1, 0.15) is 17.1 Å². The van der Waals surface area contributed by atoms with E-state index in [-0.39, 0.29) is 11.7 Å². The zero-order chi connectivity index (χ0) is 22.2. The van der Waals surface area contributed by atoms with E-state index in [0.717, 1.165) is 47.1 Å². The number of nitrogens with one attached hydrogen (secondary N) is 1. The van der Waals surface area contributed by atoms with E-state index in [0.29, 0.717) is 44.7 Å². The summed E-state index contributed by atoms with van der Waals surface area (Å²) >= 11 is 0. The Kier molecular flexibility index (Phi) is 7.94. The van der Waals surface area contributed by atoms with Crippen LogP contribution in [0.4, 0.5) is 5.82 Å². The van der Waals surface area contributed by atoms with Crippen LogP contribution in [0.1, 0.15) is 44.9 Å². The van der Waals surface area contributed by atoms with Gasteiger partial charge in [0.15, 0.2) is 5.82 Å². The molecule has 0 aliphatic rings. The number of carbonyl (C=O) groups excluding carboxylic acids is 2. The van der Waals surface area contributed by atoms with Gasteiger partial charge in [-0.2, -0.15) is 0 Å². The van der Waals surface area contributed by atoms with Gasteiger partial charge in [-0.05, 0) is 32.3 Å². The molecule has 0 aliphatic carbocycles. The number of Topliss-reactive ketones (excluding diaryl/α,β-unsaturated/α-hetero) is 1. The summed E-state index contributed by atoms with van der Waals surface area (Å²) in [5, 5.41) is 3.97. The molecule has 1 aromatic carbocycles. The number of benzene rings is 1. The number of amides is 1. The van der Waals surface area contributed by atoms with E-state index in [2.05, 4.69) is 14.9 Å². The van der Waals surface area contributed by atoms with Crippen LogP contribution in [0, 0.1) is 0 Å². The van der Waals surface area contributed by atoms with Crippen molar-refractivity contribution in [2.24, 2.45) is 0 Å². The third kappa shape index (κ3) is 5.79. The summed E-state index contributed by atoms with van der Waals surface area (Å²) in [5.74, 6) is 1.48. The summed E-state index contributed by atoms with van der Waals surface area (Å²) in [6.07, 6.45) is 3.87. The molecule has 0 aliphatic heterocycles. The number of ketones is 1. The molecule has 2 heterocycles.